The summed E-state index contributed by atoms with van der Waals surface area (Å²) in [6.07, 6.45) is 4.12. The SMILES string of the molecule is CC(NC(=O)c1cc(S(=O)(=O)N2CCCCC2)cn1C)C(C)C(=O)O. The molecule has 2 N–H and O–H groups in total. The molecule has 0 aliphatic carbocycles. The predicted molar refractivity (Wildman–Crippen MR) is 91.8 cm³/mol. The van der Waals surface area contributed by atoms with Gasteiger partial charge in [0.2, 0.25) is 10.0 Å². The van der Waals surface area contributed by atoms with Crippen molar-refractivity contribution in [2.75, 3.05) is 13.1 Å². The Morgan fingerprint density at radius 3 is 2.36 bits per heavy atom. The number of carbonyl (C=O) groups is 2. The standard InChI is InChI=1S/C16H25N3O5S/c1-11(16(21)22)12(2)17-15(20)14-9-13(10-18(14)3)25(23,24)19-7-5-4-6-8-19/h9-12H,4-8H2,1-3H3,(H,17,20)(H,21,22). The average molecular weight is 371 g/mol. The van der Waals surface area contributed by atoms with E-state index in [-0.39, 0.29) is 10.6 Å². The maximum Gasteiger partial charge on any atom is 0.308 e. The quantitative estimate of drug-likeness (QED) is 0.777. The molecule has 2 rings (SSSR count). The lowest BCUT2D eigenvalue weighted by molar-refractivity contribution is -0.141. The molecule has 0 bridgehead atoms. The van der Waals surface area contributed by atoms with Gasteiger partial charge in [-0.2, -0.15) is 4.31 Å². The molecule has 2 heterocycles. The van der Waals surface area contributed by atoms with Gasteiger partial charge in [0.1, 0.15) is 10.6 Å². The van der Waals surface area contributed by atoms with Crippen LogP contribution in [0.5, 0.6) is 0 Å². The van der Waals surface area contributed by atoms with Crippen molar-refractivity contribution in [3.63, 3.8) is 0 Å². The van der Waals surface area contributed by atoms with Crippen molar-refractivity contribution in [3.05, 3.63) is 18.0 Å². The second-order valence-corrected chi connectivity index (χ2v) is 8.46. The van der Waals surface area contributed by atoms with Crippen molar-refractivity contribution in [2.24, 2.45) is 13.0 Å². The van der Waals surface area contributed by atoms with Crippen LogP contribution in [0.2, 0.25) is 0 Å². The molecule has 1 saturated heterocycles. The van der Waals surface area contributed by atoms with E-state index in [1.165, 1.54) is 28.1 Å². The Kier molecular flexibility index (Phi) is 5.89. The molecule has 0 spiro atoms. The zero-order valence-electron chi connectivity index (χ0n) is 14.7. The first-order valence-electron chi connectivity index (χ1n) is 8.34. The van der Waals surface area contributed by atoms with Gasteiger partial charge in [-0.15, -0.1) is 0 Å². The second-order valence-electron chi connectivity index (χ2n) is 6.53. The van der Waals surface area contributed by atoms with Crippen molar-refractivity contribution in [2.45, 2.75) is 44.0 Å². The van der Waals surface area contributed by atoms with Gasteiger partial charge in [0.15, 0.2) is 0 Å². The largest absolute Gasteiger partial charge is 0.481 e. The van der Waals surface area contributed by atoms with E-state index in [0.717, 1.165) is 19.3 Å². The molecule has 9 heteroatoms. The number of hydrogen-bond donors (Lipinski definition) is 2. The summed E-state index contributed by atoms with van der Waals surface area (Å²) in [7, 11) is -2.02. The normalized spacial score (nSPS) is 18.5. The van der Waals surface area contributed by atoms with Gasteiger partial charge in [-0.25, -0.2) is 8.42 Å². The zero-order chi connectivity index (χ0) is 18.8. The maximum atomic E-state index is 12.7. The molecule has 0 radical (unpaired) electrons. The van der Waals surface area contributed by atoms with Gasteiger partial charge >= 0.3 is 5.97 Å². The van der Waals surface area contributed by atoms with Crippen molar-refractivity contribution in [3.8, 4) is 0 Å². The highest BCUT2D eigenvalue weighted by atomic mass is 32.2. The molecule has 8 nitrogen and oxygen atoms in total. The van der Waals surface area contributed by atoms with E-state index >= 15 is 0 Å². The third-order valence-corrected chi connectivity index (χ3v) is 6.53. The first-order valence-corrected chi connectivity index (χ1v) is 9.78. The topological polar surface area (TPSA) is 109 Å². The number of sulfonamides is 1. The van der Waals surface area contributed by atoms with Gasteiger partial charge in [-0.3, -0.25) is 9.59 Å². The van der Waals surface area contributed by atoms with E-state index in [1.807, 2.05) is 0 Å². The van der Waals surface area contributed by atoms with Gasteiger partial charge in [0.25, 0.3) is 5.91 Å². The van der Waals surface area contributed by atoms with E-state index in [4.69, 9.17) is 5.11 Å². The fraction of sp³-hybridized carbons (Fsp3) is 0.625. The molecule has 1 aromatic rings. The summed E-state index contributed by atoms with van der Waals surface area (Å²) in [5.41, 5.74) is 0.181. The molecular formula is C16H25N3O5S. The summed E-state index contributed by atoms with van der Waals surface area (Å²) in [6.45, 7) is 4.09. The first kappa shape index (κ1) is 19.5. The zero-order valence-corrected chi connectivity index (χ0v) is 15.5. The molecule has 1 amide bonds. The number of amides is 1. The Morgan fingerprint density at radius 1 is 1.20 bits per heavy atom. The van der Waals surface area contributed by atoms with E-state index in [9.17, 15) is 18.0 Å². The number of nitrogens with zero attached hydrogens (tertiary/aromatic N) is 2. The number of carboxylic acid groups (broad SMARTS) is 1. The molecule has 0 aromatic carbocycles. The van der Waals surface area contributed by atoms with Gasteiger partial charge < -0.3 is 15.0 Å². The maximum absolute atomic E-state index is 12.7. The lowest BCUT2D eigenvalue weighted by atomic mass is 10.0. The van der Waals surface area contributed by atoms with Crippen molar-refractivity contribution in [1.29, 1.82) is 0 Å². The van der Waals surface area contributed by atoms with E-state index in [0.29, 0.717) is 13.1 Å². The summed E-state index contributed by atoms with van der Waals surface area (Å²) in [4.78, 5) is 23.5. The third-order valence-electron chi connectivity index (χ3n) is 4.66. The second kappa shape index (κ2) is 7.57. The summed E-state index contributed by atoms with van der Waals surface area (Å²) >= 11 is 0. The van der Waals surface area contributed by atoms with Crippen molar-refractivity contribution < 1.29 is 23.1 Å². The van der Waals surface area contributed by atoms with E-state index < -0.39 is 33.9 Å². The lowest BCUT2D eigenvalue weighted by Crippen LogP contribution is -2.40. The third kappa shape index (κ3) is 4.21. The van der Waals surface area contributed by atoms with Crippen LogP contribution in [-0.2, 0) is 21.9 Å². The highest BCUT2D eigenvalue weighted by molar-refractivity contribution is 7.89. The monoisotopic (exact) mass is 371 g/mol. The Balaban J connectivity index is 2.19. The number of carboxylic acids is 1. The fourth-order valence-corrected chi connectivity index (χ4v) is 4.36. The number of hydrogen-bond acceptors (Lipinski definition) is 4. The molecule has 1 aromatic heterocycles. The molecule has 2 unspecified atom stereocenters. The molecule has 0 saturated carbocycles. The van der Waals surface area contributed by atoms with Gasteiger partial charge in [0, 0.05) is 32.4 Å². The number of nitrogens with one attached hydrogen (secondary N) is 1. The van der Waals surface area contributed by atoms with E-state index in [1.54, 1.807) is 14.0 Å². The molecule has 1 aliphatic heterocycles. The molecule has 1 fully saturated rings. The minimum atomic E-state index is -3.62. The summed E-state index contributed by atoms with van der Waals surface area (Å²) in [5.74, 6) is -2.25. The van der Waals surface area contributed by atoms with Gasteiger partial charge in [-0.1, -0.05) is 6.42 Å². The number of aromatic nitrogens is 1. The lowest BCUT2D eigenvalue weighted by Gasteiger charge is -2.25. The van der Waals surface area contributed by atoms with Crippen molar-refractivity contribution in [1.82, 2.24) is 14.2 Å². The van der Waals surface area contributed by atoms with Crippen LogP contribution in [0.4, 0.5) is 0 Å². The first-order chi connectivity index (χ1) is 11.6. The van der Waals surface area contributed by atoms with E-state index in [2.05, 4.69) is 5.32 Å². The van der Waals surface area contributed by atoms with Crippen LogP contribution in [0.25, 0.3) is 0 Å². The predicted octanol–water partition coefficient (Wildman–Crippen LogP) is 1.04. The van der Waals surface area contributed by atoms with Crippen LogP contribution in [0.15, 0.2) is 17.2 Å². The van der Waals surface area contributed by atoms with Gasteiger partial charge in [0.05, 0.1) is 5.92 Å². The Hall–Kier alpha value is -1.87. The van der Waals surface area contributed by atoms with Crippen LogP contribution in [0, 0.1) is 5.92 Å². The number of aliphatic carboxylic acids is 1. The van der Waals surface area contributed by atoms with Crippen LogP contribution in [0.3, 0.4) is 0 Å². The van der Waals surface area contributed by atoms with Crippen molar-refractivity contribution >= 4 is 21.9 Å². The highest BCUT2D eigenvalue weighted by Crippen LogP contribution is 2.22. The Bertz CT molecular complexity index is 750. The minimum Gasteiger partial charge on any atom is -0.481 e. The number of piperidine rings is 1. The number of carbonyl (C=O) groups excluding carboxylic acids is 1. The van der Waals surface area contributed by atoms with Crippen LogP contribution in [0.1, 0.15) is 43.6 Å². The highest BCUT2D eigenvalue weighted by Gasteiger charge is 2.29. The van der Waals surface area contributed by atoms with Gasteiger partial charge in [-0.05, 0) is 32.8 Å². The fourth-order valence-electron chi connectivity index (χ4n) is 2.77. The molecule has 1 aliphatic rings. The molecule has 25 heavy (non-hydrogen) atoms. The molecule has 140 valence electrons. The Labute approximate surface area is 147 Å². The van der Waals surface area contributed by atoms with Crippen LogP contribution < -0.4 is 5.32 Å². The summed E-state index contributed by atoms with van der Waals surface area (Å²) in [5, 5.41) is 11.6. The summed E-state index contributed by atoms with van der Waals surface area (Å²) in [6, 6.07) is 0.763. The number of rotatable bonds is 6. The molecular weight excluding hydrogens is 346 g/mol. The smallest absolute Gasteiger partial charge is 0.308 e. The molecule has 2 atom stereocenters. The summed E-state index contributed by atoms with van der Waals surface area (Å²) < 4.78 is 28.3. The number of aryl methyl sites for hydroxylation is 1. The average Bonchev–Trinajstić information content (AvgIpc) is 2.97. The minimum absolute atomic E-state index is 0.0842. The van der Waals surface area contributed by atoms with Crippen LogP contribution >= 0.6 is 0 Å². The Morgan fingerprint density at radius 2 is 1.80 bits per heavy atom. The van der Waals surface area contributed by atoms with Crippen LogP contribution in [-0.4, -0.2) is 53.4 Å².